The number of likely N-dealkylation sites (tertiary alicyclic amines) is 1. The van der Waals surface area contributed by atoms with Crippen LogP contribution in [0.1, 0.15) is 46.0 Å². The zero-order chi connectivity index (χ0) is 12.5. The van der Waals surface area contributed by atoms with Crippen molar-refractivity contribution in [3.05, 3.63) is 0 Å². The molecule has 4 heteroatoms. The molecule has 1 amide bonds. The smallest absolute Gasteiger partial charge is 0.237 e. The molecule has 4 nitrogen and oxygen atoms in total. The number of hydrogen-bond acceptors (Lipinski definition) is 3. The number of nitrogens with zero attached hydrogens (tertiary/aromatic N) is 1. The van der Waals surface area contributed by atoms with Crippen molar-refractivity contribution in [2.24, 2.45) is 5.73 Å². The van der Waals surface area contributed by atoms with E-state index in [1.807, 2.05) is 0 Å². The molecule has 0 bridgehead atoms. The van der Waals surface area contributed by atoms with E-state index in [2.05, 4.69) is 24.1 Å². The average molecular weight is 239 g/mol. The zero-order valence-electron chi connectivity index (χ0n) is 11.0. The van der Waals surface area contributed by atoms with Gasteiger partial charge in [-0.3, -0.25) is 4.79 Å². The molecular formula is C13H25N3O. The van der Waals surface area contributed by atoms with Crippen molar-refractivity contribution < 1.29 is 4.79 Å². The molecule has 0 aromatic rings. The van der Waals surface area contributed by atoms with Gasteiger partial charge in [-0.2, -0.15) is 0 Å². The fourth-order valence-electron chi connectivity index (χ4n) is 3.42. The number of carbonyl (C=O) groups excluding carboxylic acids is 1. The Morgan fingerprint density at radius 2 is 2.06 bits per heavy atom. The summed E-state index contributed by atoms with van der Waals surface area (Å²) in [4.78, 5) is 14.3. The van der Waals surface area contributed by atoms with Gasteiger partial charge in [-0.1, -0.05) is 0 Å². The van der Waals surface area contributed by atoms with Gasteiger partial charge in [0.05, 0.1) is 5.54 Å². The summed E-state index contributed by atoms with van der Waals surface area (Å²) in [5.41, 5.74) is 5.17. The molecule has 2 fully saturated rings. The van der Waals surface area contributed by atoms with Crippen LogP contribution in [0.15, 0.2) is 0 Å². The normalized spacial score (nSPS) is 34.6. The number of nitrogens with two attached hydrogens (primary N) is 1. The summed E-state index contributed by atoms with van der Waals surface area (Å²) in [5.74, 6) is -0.173. The van der Waals surface area contributed by atoms with Crippen molar-refractivity contribution >= 4 is 5.91 Å². The van der Waals surface area contributed by atoms with E-state index in [-0.39, 0.29) is 5.91 Å². The Hall–Kier alpha value is -0.610. The second-order valence-electron chi connectivity index (χ2n) is 5.89. The fraction of sp³-hybridized carbons (Fsp3) is 0.923. The summed E-state index contributed by atoms with van der Waals surface area (Å²) in [6.07, 6.45) is 5.49. The minimum atomic E-state index is -0.457. The third kappa shape index (κ3) is 2.63. The van der Waals surface area contributed by atoms with E-state index >= 15 is 0 Å². The Morgan fingerprint density at radius 3 is 2.59 bits per heavy atom. The lowest BCUT2D eigenvalue weighted by molar-refractivity contribution is -0.124. The van der Waals surface area contributed by atoms with E-state index in [0.29, 0.717) is 12.1 Å². The van der Waals surface area contributed by atoms with Gasteiger partial charge in [-0.25, -0.2) is 0 Å². The average Bonchev–Trinajstić information content (AvgIpc) is 2.84. The van der Waals surface area contributed by atoms with Crippen LogP contribution in [-0.2, 0) is 4.79 Å². The summed E-state index contributed by atoms with van der Waals surface area (Å²) in [5, 5.41) is 3.41. The van der Waals surface area contributed by atoms with Crippen LogP contribution in [0.25, 0.3) is 0 Å². The lowest BCUT2D eigenvalue weighted by atomic mass is 9.95. The Morgan fingerprint density at radius 1 is 1.41 bits per heavy atom. The van der Waals surface area contributed by atoms with Gasteiger partial charge >= 0.3 is 0 Å². The molecule has 17 heavy (non-hydrogen) atoms. The van der Waals surface area contributed by atoms with Crippen molar-refractivity contribution in [1.82, 2.24) is 10.2 Å². The summed E-state index contributed by atoms with van der Waals surface area (Å²) in [6, 6.07) is 0.857. The van der Waals surface area contributed by atoms with Gasteiger partial charge in [-0.05, 0) is 59.0 Å². The Labute approximate surface area is 104 Å². The molecule has 98 valence electrons. The molecule has 2 atom stereocenters. The molecule has 0 spiro atoms. The highest BCUT2D eigenvalue weighted by Gasteiger charge is 2.46. The number of hydrogen-bond donors (Lipinski definition) is 2. The number of rotatable bonds is 4. The van der Waals surface area contributed by atoms with Crippen molar-refractivity contribution in [3.63, 3.8) is 0 Å². The maximum absolute atomic E-state index is 11.8. The lowest BCUT2D eigenvalue weighted by Gasteiger charge is -2.31. The van der Waals surface area contributed by atoms with Crippen LogP contribution in [0.2, 0.25) is 0 Å². The third-order valence-electron chi connectivity index (χ3n) is 4.18. The number of amides is 1. The van der Waals surface area contributed by atoms with E-state index in [1.165, 1.54) is 25.9 Å². The molecule has 2 rings (SSSR count). The largest absolute Gasteiger partial charge is 0.368 e. The van der Waals surface area contributed by atoms with Gasteiger partial charge in [0.2, 0.25) is 5.91 Å². The molecule has 1 saturated carbocycles. The summed E-state index contributed by atoms with van der Waals surface area (Å²) in [7, 11) is 0. The van der Waals surface area contributed by atoms with E-state index in [0.717, 1.165) is 19.3 Å². The first-order chi connectivity index (χ1) is 8.03. The van der Waals surface area contributed by atoms with Gasteiger partial charge in [0, 0.05) is 12.1 Å². The minimum Gasteiger partial charge on any atom is -0.368 e. The Bertz CT molecular complexity index is 286. The molecule has 0 radical (unpaired) electrons. The quantitative estimate of drug-likeness (QED) is 0.765. The SMILES string of the molecule is CC(C)NC1(C(N)=O)CCC(N2CCCC2)C1. The number of carbonyl (C=O) groups is 1. The molecule has 2 unspecified atom stereocenters. The number of nitrogens with one attached hydrogen (secondary N) is 1. The molecule has 0 aromatic heterocycles. The molecular weight excluding hydrogens is 214 g/mol. The Kier molecular flexibility index (Phi) is 3.73. The van der Waals surface area contributed by atoms with Crippen LogP contribution in [-0.4, -0.2) is 41.5 Å². The summed E-state index contributed by atoms with van der Waals surface area (Å²) in [6.45, 7) is 6.55. The highest BCUT2D eigenvalue weighted by Crippen LogP contribution is 2.34. The fourth-order valence-corrected chi connectivity index (χ4v) is 3.42. The van der Waals surface area contributed by atoms with Crippen LogP contribution in [0.3, 0.4) is 0 Å². The molecule has 1 heterocycles. The highest BCUT2D eigenvalue weighted by atomic mass is 16.1. The van der Waals surface area contributed by atoms with E-state index in [1.54, 1.807) is 0 Å². The second-order valence-corrected chi connectivity index (χ2v) is 5.89. The zero-order valence-corrected chi connectivity index (χ0v) is 11.0. The first-order valence-electron chi connectivity index (χ1n) is 6.85. The van der Waals surface area contributed by atoms with Gasteiger partial charge < -0.3 is 16.0 Å². The van der Waals surface area contributed by atoms with Crippen molar-refractivity contribution in [2.45, 2.75) is 63.6 Å². The van der Waals surface area contributed by atoms with Crippen LogP contribution >= 0.6 is 0 Å². The molecule has 3 N–H and O–H groups in total. The third-order valence-corrected chi connectivity index (χ3v) is 4.18. The summed E-state index contributed by atoms with van der Waals surface area (Å²) < 4.78 is 0. The van der Waals surface area contributed by atoms with Crippen molar-refractivity contribution in [2.75, 3.05) is 13.1 Å². The van der Waals surface area contributed by atoms with Crippen LogP contribution in [0.4, 0.5) is 0 Å². The monoisotopic (exact) mass is 239 g/mol. The molecule has 0 aromatic carbocycles. The molecule has 1 aliphatic heterocycles. The molecule has 1 saturated heterocycles. The molecule has 1 aliphatic carbocycles. The van der Waals surface area contributed by atoms with Crippen LogP contribution in [0.5, 0.6) is 0 Å². The maximum Gasteiger partial charge on any atom is 0.237 e. The standard InChI is InChI=1S/C13H25N3O/c1-10(2)15-13(12(14)17)6-5-11(9-13)16-7-3-4-8-16/h10-11,15H,3-9H2,1-2H3,(H2,14,17). The van der Waals surface area contributed by atoms with Crippen LogP contribution < -0.4 is 11.1 Å². The first kappa shape index (κ1) is 12.8. The van der Waals surface area contributed by atoms with E-state index in [9.17, 15) is 4.79 Å². The predicted molar refractivity (Wildman–Crippen MR) is 68.6 cm³/mol. The topological polar surface area (TPSA) is 58.4 Å². The van der Waals surface area contributed by atoms with Crippen molar-refractivity contribution in [1.29, 1.82) is 0 Å². The maximum atomic E-state index is 11.8. The van der Waals surface area contributed by atoms with Gasteiger partial charge in [-0.15, -0.1) is 0 Å². The highest BCUT2D eigenvalue weighted by molar-refractivity contribution is 5.85. The second kappa shape index (κ2) is 4.94. The summed E-state index contributed by atoms with van der Waals surface area (Å²) >= 11 is 0. The van der Waals surface area contributed by atoms with Gasteiger partial charge in [0.1, 0.15) is 0 Å². The van der Waals surface area contributed by atoms with E-state index < -0.39 is 5.54 Å². The predicted octanol–water partition coefficient (Wildman–Crippen LogP) is 0.857. The minimum absolute atomic E-state index is 0.173. The molecule has 2 aliphatic rings. The van der Waals surface area contributed by atoms with Crippen molar-refractivity contribution in [3.8, 4) is 0 Å². The van der Waals surface area contributed by atoms with Gasteiger partial charge in [0.15, 0.2) is 0 Å². The Balaban J connectivity index is 2.02. The van der Waals surface area contributed by atoms with E-state index in [4.69, 9.17) is 5.73 Å². The van der Waals surface area contributed by atoms with Gasteiger partial charge in [0.25, 0.3) is 0 Å². The first-order valence-corrected chi connectivity index (χ1v) is 6.85. The van der Waals surface area contributed by atoms with Crippen LogP contribution in [0, 0.1) is 0 Å². The lowest BCUT2D eigenvalue weighted by Crippen LogP contribution is -2.56. The number of primary amides is 1.